The van der Waals surface area contributed by atoms with Gasteiger partial charge < -0.3 is 10.4 Å². The standard InChI is InChI=1S/C15H21NO/c17-10-12-5-3-7-14(12)16-15-9-8-11-4-1-2-6-13(11)15/h1-2,4,6,12,14-17H,3,5,7-10H2. The van der Waals surface area contributed by atoms with Gasteiger partial charge in [-0.1, -0.05) is 30.7 Å². The summed E-state index contributed by atoms with van der Waals surface area (Å²) in [7, 11) is 0. The highest BCUT2D eigenvalue weighted by atomic mass is 16.3. The van der Waals surface area contributed by atoms with Crippen LogP contribution in [0.4, 0.5) is 0 Å². The molecule has 2 heteroatoms. The number of nitrogens with one attached hydrogen (secondary N) is 1. The van der Waals surface area contributed by atoms with Gasteiger partial charge in [-0.15, -0.1) is 0 Å². The van der Waals surface area contributed by atoms with Crippen molar-refractivity contribution < 1.29 is 5.11 Å². The SMILES string of the molecule is OCC1CCCC1NC1CCc2ccccc21. The summed E-state index contributed by atoms with van der Waals surface area (Å²) in [5.74, 6) is 0.475. The van der Waals surface area contributed by atoms with Crippen molar-refractivity contribution in [1.82, 2.24) is 5.32 Å². The number of rotatable bonds is 3. The molecule has 0 bridgehead atoms. The van der Waals surface area contributed by atoms with E-state index in [1.54, 1.807) is 0 Å². The average molecular weight is 231 g/mol. The van der Waals surface area contributed by atoms with Crippen LogP contribution in [0.15, 0.2) is 24.3 Å². The van der Waals surface area contributed by atoms with Crippen LogP contribution in [0, 0.1) is 5.92 Å². The maximum absolute atomic E-state index is 9.37. The Morgan fingerprint density at radius 1 is 1.18 bits per heavy atom. The minimum absolute atomic E-state index is 0.339. The molecular formula is C15H21NO. The molecule has 3 rings (SSSR count). The number of benzene rings is 1. The second-order valence-electron chi connectivity index (χ2n) is 5.44. The van der Waals surface area contributed by atoms with Gasteiger partial charge in [0.2, 0.25) is 0 Å². The first-order chi connectivity index (χ1) is 8.38. The van der Waals surface area contributed by atoms with Gasteiger partial charge in [-0.3, -0.25) is 0 Å². The van der Waals surface area contributed by atoms with Crippen LogP contribution in [-0.4, -0.2) is 17.8 Å². The molecule has 0 aliphatic heterocycles. The van der Waals surface area contributed by atoms with Crippen molar-refractivity contribution in [3.63, 3.8) is 0 Å². The summed E-state index contributed by atoms with van der Waals surface area (Å²) in [6, 6.07) is 9.81. The van der Waals surface area contributed by atoms with E-state index >= 15 is 0 Å². The molecule has 0 heterocycles. The highest BCUT2D eigenvalue weighted by Crippen LogP contribution is 2.34. The number of aliphatic hydroxyl groups is 1. The predicted molar refractivity (Wildman–Crippen MR) is 68.9 cm³/mol. The van der Waals surface area contributed by atoms with Crippen LogP contribution in [0.2, 0.25) is 0 Å². The van der Waals surface area contributed by atoms with Gasteiger partial charge in [-0.2, -0.15) is 0 Å². The van der Waals surface area contributed by atoms with Crippen LogP contribution < -0.4 is 5.32 Å². The maximum Gasteiger partial charge on any atom is 0.0474 e. The van der Waals surface area contributed by atoms with E-state index in [2.05, 4.69) is 29.6 Å². The zero-order valence-electron chi connectivity index (χ0n) is 10.2. The van der Waals surface area contributed by atoms with Crippen molar-refractivity contribution in [2.45, 2.75) is 44.2 Å². The molecule has 2 aliphatic rings. The molecule has 3 unspecified atom stereocenters. The van der Waals surface area contributed by atoms with Crippen molar-refractivity contribution in [3.8, 4) is 0 Å². The number of hydrogen-bond donors (Lipinski definition) is 2. The highest BCUT2D eigenvalue weighted by molar-refractivity contribution is 5.34. The topological polar surface area (TPSA) is 32.3 Å². The first-order valence-electron chi connectivity index (χ1n) is 6.83. The molecule has 0 saturated heterocycles. The number of hydrogen-bond acceptors (Lipinski definition) is 2. The highest BCUT2D eigenvalue weighted by Gasteiger charge is 2.31. The largest absolute Gasteiger partial charge is 0.396 e. The second kappa shape index (κ2) is 4.79. The Morgan fingerprint density at radius 3 is 2.94 bits per heavy atom. The second-order valence-corrected chi connectivity index (χ2v) is 5.44. The Kier molecular flexibility index (Phi) is 3.17. The van der Waals surface area contributed by atoms with Crippen molar-refractivity contribution in [1.29, 1.82) is 0 Å². The zero-order valence-corrected chi connectivity index (χ0v) is 10.2. The summed E-state index contributed by atoms with van der Waals surface area (Å²) in [6.07, 6.45) is 6.09. The molecule has 0 radical (unpaired) electrons. The molecule has 1 saturated carbocycles. The molecule has 17 heavy (non-hydrogen) atoms. The normalized spacial score (nSPS) is 31.7. The summed E-state index contributed by atoms with van der Waals surface area (Å²) in [4.78, 5) is 0. The van der Waals surface area contributed by atoms with E-state index < -0.39 is 0 Å². The Labute approximate surface area is 103 Å². The minimum Gasteiger partial charge on any atom is -0.396 e. The number of aliphatic hydroxyl groups excluding tert-OH is 1. The summed E-state index contributed by atoms with van der Waals surface area (Å²) in [5, 5.41) is 13.1. The Balaban J connectivity index is 1.71. The summed E-state index contributed by atoms with van der Waals surface area (Å²) in [6.45, 7) is 0.339. The van der Waals surface area contributed by atoms with Crippen molar-refractivity contribution in [2.24, 2.45) is 5.92 Å². The monoisotopic (exact) mass is 231 g/mol. The maximum atomic E-state index is 9.37. The predicted octanol–water partition coefficient (Wildman–Crippen LogP) is 2.42. The molecule has 1 fully saturated rings. The van der Waals surface area contributed by atoms with Crippen molar-refractivity contribution in [2.75, 3.05) is 6.61 Å². The van der Waals surface area contributed by atoms with Gasteiger partial charge in [0, 0.05) is 18.7 Å². The quantitative estimate of drug-likeness (QED) is 0.837. The molecule has 1 aromatic carbocycles. The van der Waals surface area contributed by atoms with Crippen LogP contribution in [0.25, 0.3) is 0 Å². The number of fused-ring (bicyclic) bond motifs is 1. The Hall–Kier alpha value is -0.860. The molecule has 0 spiro atoms. The van der Waals surface area contributed by atoms with E-state index in [-0.39, 0.29) is 0 Å². The number of aryl methyl sites for hydroxylation is 1. The fraction of sp³-hybridized carbons (Fsp3) is 0.600. The van der Waals surface area contributed by atoms with Gasteiger partial charge >= 0.3 is 0 Å². The van der Waals surface area contributed by atoms with E-state index in [4.69, 9.17) is 0 Å². The summed E-state index contributed by atoms with van der Waals surface area (Å²) >= 11 is 0. The first kappa shape index (κ1) is 11.2. The van der Waals surface area contributed by atoms with Crippen LogP contribution in [0.1, 0.15) is 42.9 Å². The lowest BCUT2D eigenvalue weighted by Crippen LogP contribution is -2.36. The lowest BCUT2D eigenvalue weighted by atomic mass is 10.0. The van der Waals surface area contributed by atoms with Gasteiger partial charge in [-0.05, 0) is 42.7 Å². The van der Waals surface area contributed by atoms with E-state index in [1.807, 2.05) is 0 Å². The Morgan fingerprint density at radius 2 is 2.06 bits per heavy atom. The molecule has 1 aromatic rings. The summed E-state index contributed by atoms with van der Waals surface area (Å²) in [5.41, 5.74) is 2.99. The van der Waals surface area contributed by atoms with E-state index in [1.165, 1.54) is 43.2 Å². The molecule has 92 valence electrons. The lowest BCUT2D eigenvalue weighted by Gasteiger charge is -2.24. The third-order valence-electron chi connectivity index (χ3n) is 4.44. The van der Waals surface area contributed by atoms with Crippen LogP contribution in [-0.2, 0) is 6.42 Å². The van der Waals surface area contributed by atoms with Gasteiger partial charge in [0.1, 0.15) is 0 Å². The molecular weight excluding hydrogens is 210 g/mol. The third kappa shape index (κ3) is 2.12. The van der Waals surface area contributed by atoms with E-state index in [0.29, 0.717) is 24.6 Å². The fourth-order valence-electron chi connectivity index (χ4n) is 3.46. The Bertz CT molecular complexity index is 390. The van der Waals surface area contributed by atoms with Gasteiger partial charge in [0.25, 0.3) is 0 Å². The van der Waals surface area contributed by atoms with Crippen molar-refractivity contribution in [3.05, 3.63) is 35.4 Å². The minimum atomic E-state index is 0.339. The molecule has 0 aromatic heterocycles. The van der Waals surface area contributed by atoms with Crippen LogP contribution in [0.5, 0.6) is 0 Å². The van der Waals surface area contributed by atoms with Gasteiger partial charge in [0.05, 0.1) is 0 Å². The van der Waals surface area contributed by atoms with Crippen LogP contribution >= 0.6 is 0 Å². The van der Waals surface area contributed by atoms with Crippen molar-refractivity contribution >= 4 is 0 Å². The van der Waals surface area contributed by atoms with Gasteiger partial charge in [0.15, 0.2) is 0 Å². The summed E-state index contributed by atoms with van der Waals surface area (Å²) < 4.78 is 0. The fourth-order valence-corrected chi connectivity index (χ4v) is 3.46. The van der Waals surface area contributed by atoms with E-state index in [0.717, 1.165) is 0 Å². The lowest BCUT2D eigenvalue weighted by molar-refractivity contribution is 0.199. The zero-order chi connectivity index (χ0) is 11.7. The van der Waals surface area contributed by atoms with Gasteiger partial charge in [-0.25, -0.2) is 0 Å². The first-order valence-corrected chi connectivity index (χ1v) is 6.83. The molecule has 2 nitrogen and oxygen atoms in total. The third-order valence-corrected chi connectivity index (χ3v) is 4.44. The molecule has 2 N–H and O–H groups in total. The molecule has 0 amide bonds. The smallest absolute Gasteiger partial charge is 0.0474 e. The average Bonchev–Trinajstić information content (AvgIpc) is 2.97. The van der Waals surface area contributed by atoms with E-state index in [9.17, 15) is 5.11 Å². The molecule has 3 atom stereocenters. The van der Waals surface area contributed by atoms with Crippen LogP contribution in [0.3, 0.4) is 0 Å². The molecule has 2 aliphatic carbocycles.